The summed E-state index contributed by atoms with van der Waals surface area (Å²) in [7, 11) is 0. The molecule has 1 N–H and O–H groups in total. The molecule has 0 spiro atoms. The van der Waals surface area contributed by atoms with Gasteiger partial charge in [0.1, 0.15) is 5.56 Å². The topological polar surface area (TPSA) is 68.2 Å². The van der Waals surface area contributed by atoms with Crippen LogP contribution in [0.15, 0.2) is 35.1 Å². The van der Waals surface area contributed by atoms with Crippen molar-refractivity contribution >= 4 is 23.3 Å². The number of pyridine rings is 1. The summed E-state index contributed by atoms with van der Waals surface area (Å²) in [5.41, 5.74) is 0.127. The fraction of sp³-hybridized carbons (Fsp3) is 0.318. The summed E-state index contributed by atoms with van der Waals surface area (Å²) in [5, 5.41) is 3.27. The lowest BCUT2D eigenvalue weighted by atomic mass is 9.92. The van der Waals surface area contributed by atoms with E-state index in [9.17, 15) is 14.4 Å². The number of Topliss-reactive ketones (excluding diaryl/α,β-unsaturated/α-hetero) is 1. The maximum atomic E-state index is 13.2. The number of aromatic nitrogens is 1. The van der Waals surface area contributed by atoms with Crippen molar-refractivity contribution in [3.63, 3.8) is 0 Å². The minimum Gasteiger partial charge on any atom is -0.336 e. The average molecular weight is 397 g/mol. The van der Waals surface area contributed by atoms with Crippen LogP contribution in [0.3, 0.4) is 0 Å². The van der Waals surface area contributed by atoms with E-state index in [2.05, 4.69) is 11.2 Å². The van der Waals surface area contributed by atoms with E-state index in [-0.39, 0.29) is 11.3 Å². The number of rotatable bonds is 4. The Balaban J connectivity index is 2.21. The van der Waals surface area contributed by atoms with Gasteiger partial charge < -0.3 is 5.32 Å². The normalized spacial score (nSPS) is 15.3. The third-order valence-electron chi connectivity index (χ3n) is 5.17. The lowest BCUT2D eigenvalue weighted by Crippen LogP contribution is -2.46. The molecule has 1 aliphatic carbocycles. The molecule has 0 saturated heterocycles. The van der Waals surface area contributed by atoms with E-state index in [0.717, 1.165) is 0 Å². The summed E-state index contributed by atoms with van der Waals surface area (Å²) in [5.74, 6) is 1.89. The molecule has 144 valence electrons. The quantitative estimate of drug-likeness (QED) is 0.803. The maximum Gasteiger partial charge on any atom is 0.268 e. The molecule has 2 aromatic rings. The first kappa shape index (κ1) is 19.9. The first-order chi connectivity index (χ1) is 13.3. The van der Waals surface area contributed by atoms with Crippen LogP contribution in [0.4, 0.5) is 0 Å². The molecule has 1 aliphatic rings. The Morgan fingerprint density at radius 1 is 1.29 bits per heavy atom. The summed E-state index contributed by atoms with van der Waals surface area (Å²) in [6, 6.07) is 8.14. The van der Waals surface area contributed by atoms with E-state index < -0.39 is 17.0 Å². The molecule has 0 aliphatic heterocycles. The highest BCUT2D eigenvalue weighted by Crippen LogP contribution is 2.24. The number of hydrogen-bond donors (Lipinski definition) is 1. The van der Waals surface area contributed by atoms with Crippen molar-refractivity contribution in [1.82, 2.24) is 9.88 Å². The number of carbonyl (C=O) groups is 2. The number of benzene rings is 1. The number of fused-ring (bicyclic) bond motifs is 1. The van der Waals surface area contributed by atoms with Crippen molar-refractivity contribution in [2.75, 3.05) is 0 Å². The lowest BCUT2D eigenvalue weighted by Gasteiger charge is -2.25. The predicted molar refractivity (Wildman–Crippen MR) is 109 cm³/mol. The number of ketones is 1. The zero-order valence-electron chi connectivity index (χ0n) is 15.8. The summed E-state index contributed by atoms with van der Waals surface area (Å²) in [4.78, 5) is 38.6. The highest BCUT2D eigenvalue weighted by molar-refractivity contribution is 6.30. The number of nitrogens with zero attached hydrogens (tertiary/aromatic N) is 1. The Hall–Kier alpha value is -2.84. The standard InChI is InChI=1S/C22H21ClN2O3/c1-4-22(3,5-2)24-20(27)17-13-16-18(7-6-8-19(16)26)25(21(17)28)15-11-9-14(23)10-12-15/h1,9-13H,5-8H2,2-3H3,(H,24,27). The Morgan fingerprint density at radius 3 is 2.57 bits per heavy atom. The van der Waals surface area contributed by atoms with Gasteiger partial charge in [-0.2, -0.15) is 0 Å². The van der Waals surface area contributed by atoms with Gasteiger partial charge in [-0.3, -0.25) is 19.0 Å². The molecule has 0 fully saturated rings. The van der Waals surface area contributed by atoms with Crippen LogP contribution in [0, 0.1) is 12.3 Å². The molecule has 5 nitrogen and oxygen atoms in total. The fourth-order valence-corrected chi connectivity index (χ4v) is 3.39. The minimum absolute atomic E-state index is 0.0757. The van der Waals surface area contributed by atoms with Gasteiger partial charge in [-0.1, -0.05) is 24.4 Å². The number of halogens is 1. The van der Waals surface area contributed by atoms with Crippen molar-refractivity contribution in [3.05, 3.63) is 62.5 Å². The molecule has 1 atom stereocenters. The van der Waals surface area contributed by atoms with Crippen LogP contribution in [-0.2, 0) is 6.42 Å². The third kappa shape index (κ3) is 3.61. The Morgan fingerprint density at radius 2 is 1.96 bits per heavy atom. The van der Waals surface area contributed by atoms with E-state index in [1.165, 1.54) is 10.6 Å². The van der Waals surface area contributed by atoms with E-state index in [4.69, 9.17) is 18.0 Å². The van der Waals surface area contributed by atoms with Crippen LogP contribution in [-0.4, -0.2) is 21.8 Å². The first-order valence-corrected chi connectivity index (χ1v) is 9.56. The number of amides is 1. The summed E-state index contributed by atoms with van der Waals surface area (Å²) < 4.78 is 1.44. The predicted octanol–water partition coefficient (Wildman–Crippen LogP) is 3.54. The zero-order valence-corrected chi connectivity index (χ0v) is 16.6. The highest BCUT2D eigenvalue weighted by atomic mass is 35.5. The van der Waals surface area contributed by atoms with E-state index in [0.29, 0.717) is 47.7 Å². The van der Waals surface area contributed by atoms with Gasteiger partial charge in [-0.15, -0.1) is 6.42 Å². The average Bonchev–Trinajstić information content (AvgIpc) is 2.68. The fourth-order valence-electron chi connectivity index (χ4n) is 3.26. The van der Waals surface area contributed by atoms with Gasteiger partial charge in [0, 0.05) is 28.4 Å². The molecule has 1 amide bonds. The van der Waals surface area contributed by atoms with Crippen LogP contribution < -0.4 is 10.9 Å². The Bertz CT molecular complexity index is 1050. The van der Waals surface area contributed by atoms with Gasteiger partial charge in [0.25, 0.3) is 11.5 Å². The van der Waals surface area contributed by atoms with E-state index in [1.54, 1.807) is 31.2 Å². The molecule has 0 radical (unpaired) electrons. The first-order valence-electron chi connectivity index (χ1n) is 9.18. The molecule has 0 bridgehead atoms. The second-order valence-corrected chi connectivity index (χ2v) is 7.53. The van der Waals surface area contributed by atoms with Gasteiger partial charge >= 0.3 is 0 Å². The molecule has 28 heavy (non-hydrogen) atoms. The van der Waals surface area contributed by atoms with Gasteiger partial charge in [-0.05, 0) is 56.5 Å². The summed E-state index contributed by atoms with van der Waals surface area (Å²) in [6.07, 6.45) is 7.68. The smallest absolute Gasteiger partial charge is 0.268 e. The minimum atomic E-state index is -0.880. The van der Waals surface area contributed by atoms with Crippen molar-refractivity contribution in [3.8, 4) is 18.0 Å². The third-order valence-corrected chi connectivity index (χ3v) is 5.42. The molecule has 1 unspecified atom stereocenters. The van der Waals surface area contributed by atoms with Crippen LogP contribution in [0.1, 0.15) is 59.5 Å². The molecule has 6 heteroatoms. The van der Waals surface area contributed by atoms with Crippen molar-refractivity contribution < 1.29 is 9.59 Å². The molecule has 0 saturated carbocycles. The number of carbonyl (C=O) groups excluding carboxylic acids is 2. The molecular weight excluding hydrogens is 376 g/mol. The number of hydrogen-bond acceptors (Lipinski definition) is 3. The molecule has 1 aromatic carbocycles. The maximum absolute atomic E-state index is 13.2. The van der Waals surface area contributed by atoms with Crippen molar-refractivity contribution in [2.24, 2.45) is 0 Å². The van der Waals surface area contributed by atoms with E-state index >= 15 is 0 Å². The van der Waals surface area contributed by atoms with Crippen LogP contribution >= 0.6 is 11.6 Å². The molecule has 1 aromatic heterocycles. The SMILES string of the molecule is C#CC(C)(CC)NC(=O)c1cc2c(n(-c3ccc(Cl)cc3)c1=O)CCCC2=O. The summed E-state index contributed by atoms with van der Waals surface area (Å²) in [6.45, 7) is 3.56. The number of terminal acetylenes is 1. The Labute approximate surface area is 168 Å². The Kier molecular flexibility index (Phi) is 5.44. The second kappa shape index (κ2) is 7.65. The lowest BCUT2D eigenvalue weighted by molar-refractivity contribution is 0.0922. The molecule has 1 heterocycles. The van der Waals surface area contributed by atoms with Gasteiger partial charge in [0.15, 0.2) is 5.78 Å². The van der Waals surface area contributed by atoms with Crippen LogP contribution in [0.25, 0.3) is 5.69 Å². The summed E-state index contributed by atoms with van der Waals surface area (Å²) >= 11 is 5.97. The largest absolute Gasteiger partial charge is 0.336 e. The van der Waals surface area contributed by atoms with Crippen molar-refractivity contribution in [2.45, 2.75) is 45.1 Å². The van der Waals surface area contributed by atoms with Gasteiger partial charge in [0.05, 0.1) is 5.54 Å². The van der Waals surface area contributed by atoms with Crippen LogP contribution in [0.2, 0.25) is 5.02 Å². The second-order valence-electron chi connectivity index (χ2n) is 7.10. The monoisotopic (exact) mass is 396 g/mol. The van der Waals surface area contributed by atoms with Crippen LogP contribution in [0.5, 0.6) is 0 Å². The van der Waals surface area contributed by atoms with Crippen molar-refractivity contribution in [1.29, 1.82) is 0 Å². The van der Waals surface area contributed by atoms with Gasteiger partial charge in [-0.25, -0.2) is 0 Å². The zero-order chi connectivity index (χ0) is 20.5. The highest BCUT2D eigenvalue weighted by Gasteiger charge is 2.29. The van der Waals surface area contributed by atoms with Gasteiger partial charge in [0.2, 0.25) is 0 Å². The molecule has 3 rings (SSSR count). The number of nitrogens with one attached hydrogen (secondary N) is 1. The molecular formula is C22H21ClN2O3. The van der Waals surface area contributed by atoms with E-state index in [1.807, 2.05) is 6.92 Å².